The minimum Gasteiger partial charge on any atom is -0.382 e. The van der Waals surface area contributed by atoms with Gasteiger partial charge >= 0.3 is 0 Å². The van der Waals surface area contributed by atoms with Gasteiger partial charge in [0.2, 0.25) is 10.0 Å². The van der Waals surface area contributed by atoms with Gasteiger partial charge in [0.05, 0.1) is 18.1 Å². The average molecular weight is 316 g/mol. The molecule has 6 nitrogen and oxygen atoms in total. The standard InChI is InChI=1S/C14H24N2O4S/c1-12-4-5-14(10-13(12)11-15)21(17,18)16-6-3-7-20-9-8-19-2/h4-5,10,16H,3,6-9,11,15H2,1-2H3. The zero-order chi connectivity index (χ0) is 15.7. The van der Waals surface area contributed by atoms with E-state index in [4.69, 9.17) is 15.2 Å². The van der Waals surface area contributed by atoms with E-state index in [2.05, 4.69) is 4.72 Å². The van der Waals surface area contributed by atoms with Gasteiger partial charge in [-0.25, -0.2) is 13.1 Å². The molecule has 0 aliphatic rings. The van der Waals surface area contributed by atoms with Crippen molar-refractivity contribution < 1.29 is 17.9 Å². The summed E-state index contributed by atoms with van der Waals surface area (Å²) in [5, 5.41) is 0. The molecular formula is C14H24N2O4S. The van der Waals surface area contributed by atoms with Crippen molar-refractivity contribution in [3.05, 3.63) is 29.3 Å². The van der Waals surface area contributed by atoms with Gasteiger partial charge in [-0.15, -0.1) is 0 Å². The number of hydrogen-bond donors (Lipinski definition) is 2. The Hall–Kier alpha value is -0.990. The molecule has 0 aliphatic carbocycles. The lowest BCUT2D eigenvalue weighted by molar-refractivity contribution is 0.0699. The van der Waals surface area contributed by atoms with Crippen LogP contribution >= 0.6 is 0 Å². The maximum atomic E-state index is 12.1. The van der Waals surface area contributed by atoms with Gasteiger partial charge in [-0.2, -0.15) is 0 Å². The molecule has 120 valence electrons. The summed E-state index contributed by atoms with van der Waals surface area (Å²) >= 11 is 0. The van der Waals surface area contributed by atoms with Crippen LogP contribution in [0.1, 0.15) is 17.5 Å². The summed E-state index contributed by atoms with van der Waals surface area (Å²) in [6, 6.07) is 4.98. The first-order chi connectivity index (χ1) is 10.0. The van der Waals surface area contributed by atoms with E-state index in [-0.39, 0.29) is 4.90 Å². The summed E-state index contributed by atoms with van der Waals surface area (Å²) in [6.45, 7) is 4.11. The van der Waals surface area contributed by atoms with Crippen LogP contribution < -0.4 is 10.5 Å². The summed E-state index contributed by atoms with van der Waals surface area (Å²) < 4.78 is 36.9. The largest absolute Gasteiger partial charge is 0.382 e. The van der Waals surface area contributed by atoms with Crippen LogP contribution in [0.3, 0.4) is 0 Å². The minimum absolute atomic E-state index is 0.244. The molecule has 0 fully saturated rings. The van der Waals surface area contributed by atoms with E-state index in [0.717, 1.165) is 11.1 Å². The number of benzene rings is 1. The molecule has 7 heteroatoms. The fraction of sp³-hybridized carbons (Fsp3) is 0.571. The number of rotatable bonds is 10. The van der Waals surface area contributed by atoms with Crippen molar-refractivity contribution >= 4 is 10.0 Å². The van der Waals surface area contributed by atoms with Crippen LogP contribution in [0.15, 0.2) is 23.1 Å². The highest BCUT2D eigenvalue weighted by atomic mass is 32.2. The van der Waals surface area contributed by atoms with Gasteiger partial charge in [0, 0.05) is 26.8 Å². The van der Waals surface area contributed by atoms with Gasteiger partial charge in [-0.1, -0.05) is 6.07 Å². The van der Waals surface area contributed by atoms with E-state index in [0.29, 0.717) is 39.3 Å². The third-order valence-electron chi connectivity index (χ3n) is 3.04. The molecule has 0 saturated carbocycles. The number of methoxy groups -OCH3 is 1. The molecule has 0 unspecified atom stereocenters. The molecule has 0 atom stereocenters. The number of nitrogens with two attached hydrogens (primary N) is 1. The second-order valence-electron chi connectivity index (χ2n) is 4.65. The van der Waals surface area contributed by atoms with Crippen LogP contribution in [-0.4, -0.2) is 41.9 Å². The smallest absolute Gasteiger partial charge is 0.240 e. The van der Waals surface area contributed by atoms with E-state index < -0.39 is 10.0 Å². The topological polar surface area (TPSA) is 90.6 Å². The van der Waals surface area contributed by atoms with E-state index >= 15 is 0 Å². The van der Waals surface area contributed by atoms with Crippen LogP contribution in [0, 0.1) is 6.92 Å². The Labute approximate surface area is 126 Å². The molecule has 0 amide bonds. The number of nitrogens with one attached hydrogen (secondary N) is 1. The summed E-state index contributed by atoms with van der Waals surface area (Å²) in [5.74, 6) is 0. The Bertz CT molecular complexity index is 532. The van der Waals surface area contributed by atoms with Crippen LogP contribution in [0.5, 0.6) is 0 Å². The number of hydrogen-bond acceptors (Lipinski definition) is 5. The normalized spacial score (nSPS) is 11.8. The van der Waals surface area contributed by atoms with Crippen LogP contribution in [0.4, 0.5) is 0 Å². The second kappa shape index (κ2) is 9.11. The van der Waals surface area contributed by atoms with Crippen molar-refractivity contribution in [2.24, 2.45) is 5.73 Å². The maximum absolute atomic E-state index is 12.1. The molecule has 0 aromatic heterocycles. The molecule has 0 aliphatic heterocycles. The van der Waals surface area contributed by atoms with Crippen LogP contribution in [0.25, 0.3) is 0 Å². The molecule has 0 bridgehead atoms. The van der Waals surface area contributed by atoms with Crippen molar-refractivity contribution in [3.8, 4) is 0 Å². The first-order valence-electron chi connectivity index (χ1n) is 6.87. The fourth-order valence-electron chi connectivity index (χ4n) is 1.74. The molecule has 3 N–H and O–H groups in total. The Morgan fingerprint density at radius 1 is 1.24 bits per heavy atom. The first-order valence-corrected chi connectivity index (χ1v) is 8.35. The van der Waals surface area contributed by atoms with E-state index in [1.54, 1.807) is 25.3 Å². The lowest BCUT2D eigenvalue weighted by Crippen LogP contribution is -2.26. The van der Waals surface area contributed by atoms with Gasteiger partial charge in [0.25, 0.3) is 0 Å². The SMILES string of the molecule is COCCOCCCNS(=O)(=O)c1ccc(C)c(CN)c1. The first kappa shape index (κ1) is 18.1. The quantitative estimate of drug-likeness (QED) is 0.623. The Morgan fingerprint density at radius 3 is 2.67 bits per heavy atom. The lowest BCUT2D eigenvalue weighted by Gasteiger charge is -2.10. The Balaban J connectivity index is 2.46. The van der Waals surface area contributed by atoms with E-state index in [1.807, 2.05) is 6.92 Å². The lowest BCUT2D eigenvalue weighted by atomic mass is 10.1. The van der Waals surface area contributed by atoms with Gasteiger partial charge in [0.1, 0.15) is 0 Å². The molecule has 1 rings (SSSR count). The molecule has 1 aromatic carbocycles. The number of ether oxygens (including phenoxy) is 2. The summed E-state index contributed by atoms with van der Waals surface area (Å²) in [6.07, 6.45) is 0.610. The highest BCUT2D eigenvalue weighted by Gasteiger charge is 2.14. The van der Waals surface area contributed by atoms with Crippen molar-refractivity contribution in [2.75, 3.05) is 33.5 Å². The zero-order valence-corrected chi connectivity index (χ0v) is 13.4. The third kappa shape index (κ3) is 6.11. The predicted octanol–water partition coefficient (Wildman–Crippen LogP) is 0.785. The molecule has 0 spiro atoms. The average Bonchev–Trinajstić information content (AvgIpc) is 2.46. The van der Waals surface area contributed by atoms with Crippen LogP contribution in [0.2, 0.25) is 0 Å². The summed E-state index contributed by atoms with van der Waals surface area (Å²) in [7, 11) is -1.89. The van der Waals surface area contributed by atoms with Gasteiger partial charge < -0.3 is 15.2 Å². The molecule has 0 radical (unpaired) electrons. The fourth-order valence-corrected chi connectivity index (χ4v) is 2.87. The van der Waals surface area contributed by atoms with Crippen molar-refractivity contribution in [1.82, 2.24) is 4.72 Å². The minimum atomic E-state index is -3.49. The van der Waals surface area contributed by atoms with Gasteiger partial charge in [0.15, 0.2) is 0 Å². The Morgan fingerprint density at radius 2 is 2.00 bits per heavy atom. The van der Waals surface area contributed by atoms with E-state index in [9.17, 15) is 8.42 Å². The van der Waals surface area contributed by atoms with Gasteiger partial charge in [-0.3, -0.25) is 0 Å². The molecule has 0 heterocycles. The number of sulfonamides is 1. The van der Waals surface area contributed by atoms with Crippen molar-refractivity contribution in [2.45, 2.75) is 24.8 Å². The van der Waals surface area contributed by atoms with E-state index in [1.165, 1.54) is 0 Å². The number of aryl methyl sites for hydroxylation is 1. The Kier molecular flexibility index (Phi) is 7.84. The summed E-state index contributed by atoms with van der Waals surface area (Å²) in [5.41, 5.74) is 7.42. The maximum Gasteiger partial charge on any atom is 0.240 e. The predicted molar refractivity (Wildman–Crippen MR) is 81.6 cm³/mol. The molecule has 0 saturated heterocycles. The monoisotopic (exact) mass is 316 g/mol. The highest BCUT2D eigenvalue weighted by molar-refractivity contribution is 7.89. The second-order valence-corrected chi connectivity index (χ2v) is 6.42. The van der Waals surface area contributed by atoms with Crippen molar-refractivity contribution in [3.63, 3.8) is 0 Å². The van der Waals surface area contributed by atoms with Gasteiger partial charge in [-0.05, 0) is 36.6 Å². The van der Waals surface area contributed by atoms with Crippen molar-refractivity contribution in [1.29, 1.82) is 0 Å². The third-order valence-corrected chi connectivity index (χ3v) is 4.50. The zero-order valence-electron chi connectivity index (χ0n) is 12.6. The molecular weight excluding hydrogens is 292 g/mol. The molecule has 21 heavy (non-hydrogen) atoms. The highest BCUT2D eigenvalue weighted by Crippen LogP contribution is 2.15. The molecule has 1 aromatic rings. The summed E-state index contributed by atoms with van der Waals surface area (Å²) in [4.78, 5) is 0.244. The van der Waals surface area contributed by atoms with Crippen LogP contribution in [-0.2, 0) is 26.0 Å².